The van der Waals surface area contributed by atoms with Crippen molar-refractivity contribution in [1.29, 1.82) is 0 Å². The normalized spacial score (nSPS) is 19.2. The van der Waals surface area contributed by atoms with E-state index in [9.17, 15) is 4.79 Å². The molecule has 2 saturated carbocycles. The van der Waals surface area contributed by atoms with Crippen molar-refractivity contribution in [3.8, 4) is 0 Å². The van der Waals surface area contributed by atoms with E-state index in [2.05, 4.69) is 20.9 Å². The van der Waals surface area contributed by atoms with E-state index in [1.807, 2.05) is 6.92 Å². The van der Waals surface area contributed by atoms with Crippen molar-refractivity contribution in [2.24, 2.45) is 10.9 Å². The Labute approximate surface area is 134 Å². The first-order valence-electron chi connectivity index (χ1n) is 9.09. The van der Waals surface area contributed by atoms with Crippen LogP contribution in [0, 0.1) is 5.92 Å². The van der Waals surface area contributed by atoms with Crippen LogP contribution in [0.1, 0.15) is 64.7 Å². The molecule has 0 bridgehead atoms. The third-order valence-corrected chi connectivity index (χ3v) is 4.47. The second kappa shape index (κ2) is 9.70. The Balaban J connectivity index is 1.56. The van der Waals surface area contributed by atoms with Gasteiger partial charge in [-0.3, -0.25) is 4.79 Å². The Morgan fingerprint density at radius 1 is 1.09 bits per heavy atom. The summed E-state index contributed by atoms with van der Waals surface area (Å²) in [6.45, 7) is 4.01. The molecule has 3 N–H and O–H groups in total. The second-order valence-corrected chi connectivity index (χ2v) is 6.61. The van der Waals surface area contributed by atoms with E-state index in [1.54, 1.807) is 0 Å². The van der Waals surface area contributed by atoms with Crippen molar-refractivity contribution in [3.05, 3.63) is 0 Å². The van der Waals surface area contributed by atoms with Gasteiger partial charge in [-0.05, 0) is 32.1 Å². The summed E-state index contributed by atoms with van der Waals surface area (Å²) in [4.78, 5) is 16.0. The lowest BCUT2D eigenvalue weighted by Crippen LogP contribution is -2.39. The first-order valence-corrected chi connectivity index (χ1v) is 9.09. The average Bonchev–Trinajstić information content (AvgIpc) is 3.16. The van der Waals surface area contributed by atoms with Gasteiger partial charge in [0, 0.05) is 19.1 Å². The zero-order valence-electron chi connectivity index (χ0n) is 14.0. The molecule has 126 valence electrons. The quantitative estimate of drug-likeness (QED) is 0.347. The second-order valence-electron chi connectivity index (χ2n) is 6.61. The van der Waals surface area contributed by atoms with E-state index < -0.39 is 0 Å². The third-order valence-electron chi connectivity index (χ3n) is 4.47. The molecule has 22 heavy (non-hydrogen) atoms. The highest BCUT2D eigenvalue weighted by Gasteiger charge is 2.22. The highest BCUT2D eigenvalue weighted by Crippen LogP contribution is 2.28. The number of guanidine groups is 1. The van der Waals surface area contributed by atoms with Crippen molar-refractivity contribution in [1.82, 2.24) is 16.0 Å². The molecular weight excluding hydrogens is 276 g/mol. The smallest absolute Gasteiger partial charge is 0.242 e. The molecule has 0 aromatic carbocycles. The van der Waals surface area contributed by atoms with Gasteiger partial charge in [0.05, 0.1) is 0 Å². The molecule has 5 heteroatoms. The molecule has 0 saturated heterocycles. The summed E-state index contributed by atoms with van der Waals surface area (Å²) >= 11 is 0. The van der Waals surface area contributed by atoms with Gasteiger partial charge in [-0.2, -0.15) is 0 Å². The summed E-state index contributed by atoms with van der Waals surface area (Å²) in [5.74, 6) is 1.77. The van der Waals surface area contributed by atoms with Crippen LogP contribution in [0.25, 0.3) is 0 Å². The largest absolute Gasteiger partial charge is 0.357 e. The van der Waals surface area contributed by atoms with Crippen LogP contribution < -0.4 is 16.0 Å². The van der Waals surface area contributed by atoms with Gasteiger partial charge >= 0.3 is 0 Å². The van der Waals surface area contributed by atoms with Crippen LogP contribution in [-0.4, -0.2) is 37.5 Å². The fourth-order valence-electron chi connectivity index (χ4n) is 3.06. The number of amides is 1. The number of nitrogens with zero attached hydrogens (tertiary/aromatic N) is 1. The van der Waals surface area contributed by atoms with Crippen molar-refractivity contribution in [2.45, 2.75) is 70.8 Å². The standard InChI is InChI=1S/C17H32N4O/c1-2-18-17(20-13-16(22)21-15-10-11-15)19-12-6-5-9-14-7-3-4-8-14/h14-15H,2-13H2,1H3,(H,21,22)(H2,18,19,20). The maximum absolute atomic E-state index is 11.7. The van der Waals surface area contributed by atoms with Gasteiger partial charge in [-0.25, -0.2) is 4.99 Å². The van der Waals surface area contributed by atoms with Crippen LogP contribution in [0.2, 0.25) is 0 Å². The van der Waals surface area contributed by atoms with Gasteiger partial charge in [-0.15, -0.1) is 0 Å². The Morgan fingerprint density at radius 3 is 2.55 bits per heavy atom. The molecule has 0 aromatic rings. The summed E-state index contributed by atoms with van der Waals surface area (Å²) in [5, 5.41) is 9.48. The zero-order chi connectivity index (χ0) is 15.6. The van der Waals surface area contributed by atoms with Crippen molar-refractivity contribution in [2.75, 3.05) is 19.6 Å². The number of aliphatic imine (C=N–C) groups is 1. The minimum atomic E-state index is 0.0286. The monoisotopic (exact) mass is 308 g/mol. The van der Waals surface area contributed by atoms with E-state index >= 15 is 0 Å². The minimum absolute atomic E-state index is 0.0286. The van der Waals surface area contributed by atoms with Gasteiger partial charge in [0.1, 0.15) is 6.54 Å². The van der Waals surface area contributed by atoms with E-state index in [4.69, 9.17) is 0 Å². The fourth-order valence-corrected chi connectivity index (χ4v) is 3.06. The maximum Gasteiger partial charge on any atom is 0.242 e. The van der Waals surface area contributed by atoms with Gasteiger partial charge < -0.3 is 16.0 Å². The molecule has 2 rings (SSSR count). The van der Waals surface area contributed by atoms with Gasteiger partial charge in [0.25, 0.3) is 0 Å². The third kappa shape index (κ3) is 7.14. The molecule has 0 spiro atoms. The molecular formula is C17H32N4O. The number of hydrogen-bond acceptors (Lipinski definition) is 2. The van der Waals surface area contributed by atoms with Crippen molar-refractivity contribution >= 4 is 11.9 Å². The molecule has 0 radical (unpaired) electrons. The highest BCUT2D eigenvalue weighted by atomic mass is 16.2. The average molecular weight is 308 g/mol. The molecule has 0 unspecified atom stereocenters. The number of hydrogen-bond donors (Lipinski definition) is 3. The van der Waals surface area contributed by atoms with Crippen LogP contribution in [0.15, 0.2) is 4.99 Å². The molecule has 2 aliphatic rings. The molecule has 0 heterocycles. The summed E-state index contributed by atoms with van der Waals surface area (Å²) < 4.78 is 0. The predicted octanol–water partition coefficient (Wildman–Crippen LogP) is 2.18. The molecule has 2 fully saturated rings. The Hall–Kier alpha value is -1.26. The summed E-state index contributed by atoms with van der Waals surface area (Å²) in [6, 6.07) is 0.411. The number of carbonyl (C=O) groups excluding carboxylic acids is 1. The fraction of sp³-hybridized carbons (Fsp3) is 0.882. The van der Waals surface area contributed by atoms with E-state index in [-0.39, 0.29) is 12.5 Å². The summed E-state index contributed by atoms with van der Waals surface area (Å²) in [7, 11) is 0. The molecule has 2 aliphatic carbocycles. The highest BCUT2D eigenvalue weighted by molar-refractivity contribution is 5.85. The minimum Gasteiger partial charge on any atom is -0.357 e. The van der Waals surface area contributed by atoms with Gasteiger partial charge in [0.2, 0.25) is 5.91 Å². The number of unbranched alkanes of at least 4 members (excludes halogenated alkanes) is 1. The Morgan fingerprint density at radius 2 is 1.86 bits per heavy atom. The first-order chi connectivity index (χ1) is 10.8. The lowest BCUT2D eigenvalue weighted by atomic mass is 10.0. The van der Waals surface area contributed by atoms with Gasteiger partial charge in [-0.1, -0.05) is 38.5 Å². The molecule has 0 aliphatic heterocycles. The van der Waals surface area contributed by atoms with Crippen LogP contribution >= 0.6 is 0 Å². The number of nitrogens with one attached hydrogen (secondary N) is 3. The van der Waals surface area contributed by atoms with Crippen molar-refractivity contribution < 1.29 is 4.79 Å². The van der Waals surface area contributed by atoms with Crippen LogP contribution in [0.3, 0.4) is 0 Å². The number of rotatable bonds is 9. The molecule has 1 amide bonds. The van der Waals surface area contributed by atoms with Crippen LogP contribution in [0.5, 0.6) is 0 Å². The first kappa shape index (κ1) is 17.1. The lowest BCUT2D eigenvalue weighted by Gasteiger charge is -2.12. The lowest BCUT2D eigenvalue weighted by molar-refractivity contribution is -0.119. The van der Waals surface area contributed by atoms with Gasteiger partial charge in [0.15, 0.2) is 5.96 Å². The van der Waals surface area contributed by atoms with Crippen LogP contribution in [-0.2, 0) is 4.79 Å². The van der Waals surface area contributed by atoms with E-state index in [0.29, 0.717) is 6.04 Å². The summed E-state index contributed by atoms with van der Waals surface area (Å²) in [5.41, 5.74) is 0. The molecule has 5 nitrogen and oxygen atoms in total. The zero-order valence-corrected chi connectivity index (χ0v) is 14.0. The summed E-state index contributed by atoms with van der Waals surface area (Å²) in [6.07, 6.45) is 11.8. The molecule has 0 atom stereocenters. The van der Waals surface area contributed by atoms with E-state index in [0.717, 1.165) is 37.8 Å². The van der Waals surface area contributed by atoms with E-state index in [1.165, 1.54) is 44.9 Å². The maximum atomic E-state index is 11.7. The Bertz CT molecular complexity index is 360. The topological polar surface area (TPSA) is 65.5 Å². The Kier molecular flexibility index (Phi) is 7.54. The van der Waals surface area contributed by atoms with Crippen LogP contribution in [0.4, 0.5) is 0 Å². The number of carbonyl (C=O) groups is 1. The van der Waals surface area contributed by atoms with Crippen molar-refractivity contribution in [3.63, 3.8) is 0 Å². The SMILES string of the molecule is CCNC(=NCC(=O)NC1CC1)NCCCCC1CCCC1. The predicted molar refractivity (Wildman–Crippen MR) is 91.0 cm³/mol. The molecule has 0 aromatic heterocycles.